The smallest absolute Gasteiger partial charge is 0.263 e. The Bertz CT molecular complexity index is 1210. The van der Waals surface area contributed by atoms with E-state index < -0.39 is 10.0 Å². The molecule has 28 heavy (non-hydrogen) atoms. The number of hydrogen-bond donors (Lipinski definition) is 2. The second kappa shape index (κ2) is 6.75. The number of benzene rings is 2. The van der Waals surface area contributed by atoms with Crippen molar-refractivity contribution in [3.63, 3.8) is 0 Å². The van der Waals surface area contributed by atoms with Crippen molar-refractivity contribution < 1.29 is 13.2 Å². The number of fused-ring (bicyclic) bond motifs is 2. The molecule has 2 N–H and O–H groups in total. The number of amidine groups is 1. The zero-order valence-corrected chi connectivity index (χ0v) is 16.2. The van der Waals surface area contributed by atoms with Gasteiger partial charge in [0.05, 0.1) is 22.0 Å². The molecule has 144 valence electrons. The number of carbonyl (C=O) groups excluding carboxylic acids is 1. The van der Waals surface area contributed by atoms with Crippen molar-refractivity contribution in [2.45, 2.75) is 17.9 Å². The van der Waals surface area contributed by atoms with E-state index in [0.717, 1.165) is 16.9 Å². The summed E-state index contributed by atoms with van der Waals surface area (Å²) in [7, 11) is -1.71. The molecule has 1 aliphatic rings. The predicted octanol–water partition coefficient (Wildman–Crippen LogP) is 1.49. The first-order valence-electron chi connectivity index (χ1n) is 8.74. The van der Waals surface area contributed by atoms with Gasteiger partial charge in [-0.1, -0.05) is 24.3 Å². The molecule has 2 aromatic carbocycles. The molecule has 1 aromatic heterocycles. The highest BCUT2D eigenvalue weighted by molar-refractivity contribution is 7.90. The minimum atomic E-state index is -3.61. The Morgan fingerprint density at radius 2 is 1.93 bits per heavy atom. The summed E-state index contributed by atoms with van der Waals surface area (Å²) in [6, 6.07) is 14.0. The van der Waals surface area contributed by atoms with Crippen LogP contribution in [0.25, 0.3) is 11.0 Å². The Hall–Kier alpha value is -3.20. The maximum absolute atomic E-state index is 12.4. The van der Waals surface area contributed by atoms with Gasteiger partial charge in [-0.2, -0.15) is 0 Å². The van der Waals surface area contributed by atoms with E-state index in [9.17, 15) is 13.2 Å². The zero-order valence-electron chi connectivity index (χ0n) is 15.4. The van der Waals surface area contributed by atoms with Crippen LogP contribution < -0.4 is 10.0 Å². The number of nitrogens with zero attached hydrogens (tertiary/aromatic N) is 3. The predicted molar refractivity (Wildman–Crippen MR) is 105 cm³/mol. The lowest BCUT2D eigenvalue weighted by Gasteiger charge is -2.13. The molecule has 0 saturated heterocycles. The van der Waals surface area contributed by atoms with Gasteiger partial charge < -0.3 is 9.88 Å². The third-order valence-electron chi connectivity index (χ3n) is 4.63. The third-order valence-corrected chi connectivity index (χ3v) is 6.03. The first kappa shape index (κ1) is 18.2. The second-order valence-electron chi connectivity index (χ2n) is 6.57. The summed E-state index contributed by atoms with van der Waals surface area (Å²) in [5.74, 6) is 0.589. The van der Waals surface area contributed by atoms with Gasteiger partial charge in [-0.15, -0.1) is 0 Å². The molecule has 0 spiro atoms. The Labute approximate surface area is 162 Å². The number of aromatic nitrogens is 2. The molecule has 1 amide bonds. The van der Waals surface area contributed by atoms with E-state index in [4.69, 9.17) is 0 Å². The SMILES string of the molecule is CC(NC(=O)CN=C1NS(=O)(=O)c2ccccc21)c1nc2ccccc2n1C. The second-order valence-corrected chi connectivity index (χ2v) is 8.22. The van der Waals surface area contributed by atoms with Crippen LogP contribution in [0.15, 0.2) is 58.4 Å². The lowest BCUT2D eigenvalue weighted by molar-refractivity contribution is -0.120. The molecule has 0 saturated carbocycles. The number of para-hydroxylation sites is 2. The fraction of sp³-hybridized carbons (Fsp3) is 0.211. The largest absolute Gasteiger partial charge is 0.345 e. The molecule has 4 rings (SSSR count). The summed E-state index contributed by atoms with van der Waals surface area (Å²) in [6.07, 6.45) is 0. The molecule has 0 radical (unpaired) electrons. The topological polar surface area (TPSA) is 105 Å². The number of aryl methyl sites for hydroxylation is 1. The van der Waals surface area contributed by atoms with E-state index >= 15 is 0 Å². The van der Waals surface area contributed by atoms with Gasteiger partial charge in [-0.25, -0.2) is 13.4 Å². The number of carbonyl (C=O) groups is 1. The standard InChI is InChI=1S/C19H19N5O3S/c1-12(19-22-14-8-4-5-9-15(14)24(19)2)21-17(25)11-20-18-13-7-3-6-10-16(13)28(26,27)23-18/h3-10,12H,11H2,1-2H3,(H,20,23)(H,21,25). The van der Waals surface area contributed by atoms with E-state index in [0.29, 0.717) is 5.56 Å². The number of rotatable bonds is 4. The Balaban J connectivity index is 1.49. The molecule has 9 heteroatoms. The number of sulfonamides is 1. The van der Waals surface area contributed by atoms with Gasteiger partial charge in [0.25, 0.3) is 10.0 Å². The van der Waals surface area contributed by atoms with Gasteiger partial charge in [0.15, 0.2) is 0 Å². The molecule has 1 unspecified atom stereocenters. The molecule has 1 aliphatic heterocycles. The van der Waals surface area contributed by atoms with Crippen LogP contribution >= 0.6 is 0 Å². The first-order chi connectivity index (χ1) is 13.4. The monoisotopic (exact) mass is 397 g/mol. The van der Waals surface area contributed by atoms with Crippen LogP contribution in [-0.2, 0) is 21.9 Å². The van der Waals surface area contributed by atoms with E-state index in [1.54, 1.807) is 18.2 Å². The molecule has 8 nitrogen and oxygen atoms in total. The van der Waals surface area contributed by atoms with Crippen molar-refractivity contribution in [2.24, 2.45) is 12.0 Å². The van der Waals surface area contributed by atoms with Gasteiger partial charge in [0.1, 0.15) is 18.2 Å². The molecule has 3 aromatic rings. The van der Waals surface area contributed by atoms with Crippen molar-refractivity contribution in [3.8, 4) is 0 Å². The van der Waals surface area contributed by atoms with Crippen LogP contribution in [0.1, 0.15) is 24.4 Å². The van der Waals surface area contributed by atoms with Crippen LogP contribution in [0.2, 0.25) is 0 Å². The molecule has 0 bridgehead atoms. The molecular formula is C19H19N5O3S. The summed E-state index contributed by atoms with van der Waals surface area (Å²) in [4.78, 5) is 21.3. The van der Waals surface area contributed by atoms with E-state index in [1.165, 1.54) is 6.07 Å². The van der Waals surface area contributed by atoms with Crippen molar-refractivity contribution in [1.82, 2.24) is 19.6 Å². The van der Waals surface area contributed by atoms with Crippen LogP contribution in [-0.4, -0.2) is 36.3 Å². The molecule has 2 heterocycles. The summed E-state index contributed by atoms with van der Waals surface area (Å²) < 4.78 is 28.5. The Morgan fingerprint density at radius 1 is 1.21 bits per heavy atom. The minimum Gasteiger partial charge on any atom is -0.345 e. The maximum Gasteiger partial charge on any atom is 0.263 e. The highest BCUT2D eigenvalue weighted by Crippen LogP contribution is 2.22. The quantitative estimate of drug-likeness (QED) is 0.696. The molecule has 1 atom stereocenters. The van der Waals surface area contributed by atoms with Crippen LogP contribution in [0.3, 0.4) is 0 Å². The van der Waals surface area contributed by atoms with Gasteiger partial charge in [-0.05, 0) is 31.2 Å². The number of aliphatic imine (C=N–C) groups is 1. The first-order valence-corrected chi connectivity index (χ1v) is 10.2. The highest BCUT2D eigenvalue weighted by atomic mass is 32.2. The molecular weight excluding hydrogens is 378 g/mol. The van der Waals surface area contributed by atoms with Crippen molar-refractivity contribution >= 4 is 32.8 Å². The van der Waals surface area contributed by atoms with Gasteiger partial charge in [0, 0.05) is 12.6 Å². The summed E-state index contributed by atoms with van der Waals surface area (Å²) in [5, 5.41) is 2.86. The number of amides is 1. The summed E-state index contributed by atoms with van der Waals surface area (Å²) in [5.41, 5.74) is 2.31. The number of nitrogens with one attached hydrogen (secondary N) is 2. The number of imidazole rings is 1. The lowest BCUT2D eigenvalue weighted by atomic mass is 10.2. The fourth-order valence-corrected chi connectivity index (χ4v) is 4.56. The summed E-state index contributed by atoms with van der Waals surface area (Å²) in [6.45, 7) is 1.65. The molecule has 0 aliphatic carbocycles. The summed E-state index contributed by atoms with van der Waals surface area (Å²) >= 11 is 0. The van der Waals surface area contributed by atoms with E-state index in [2.05, 4.69) is 20.0 Å². The lowest BCUT2D eigenvalue weighted by Crippen LogP contribution is -2.31. The van der Waals surface area contributed by atoms with Crippen LogP contribution in [0, 0.1) is 0 Å². The van der Waals surface area contributed by atoms with Crippen LogP contribution in [0.5, 0.6) is 0 Å². The zero-order chi connectivity index (χ0) is 19.9. The number of hydrogen-bond acceptors (Lipinski definition) is 5. The Morgan fingerprint density at radius 3 is 2.71 bits per heavy atom. The molecule has 0 fully saturated rings. The average Bonchev–Trinajstić information content (AvgIpc) is 3.15. The average molecular weight is 397 g/mol. The third kappa shape index (κ3) is 3.13. The highest BCUT2D eigenvalue weighted by Gasteiger charge is 2.30. The van der Waals surface area contributed by atoms with Crippen molar-refractivity contribution in [3.05, 3.63) is 59.9 Å². The Kier molecular flexibility index (Phi) is 4.38. The van der Waals surface area contributed by atoms with E-state index in [-0.39, 0.29) is 29.2 Å². The van der Waals surface area contributed by atoms with Gasteiger partial charge >= 0.3 is 0 Å². The normalized spacial score (nSPS) is 17.3. The van der Waals surface area contributed by atoms with Crippen LogP contribution in [0.4, 0.5) is 0 Å². The maximum atomic E-state index is 12.4. The fourth-order valence-electron chi connectivity index (χ4n) is 3.31. The van der Waals surface area contributed by atoms with Crippen molar-refractivity contribution in [2.75, 3.05) is 6.54 Å². The van der Waals surface area contributed by atoms with Gasteiger partial charge in [-0.3, -0.25) is 14.5 Å². The van der Waals surface area contributed by atoms with Crippen molar-refractivity contribution in [1.29, 1.82) is 0 Å². The minimum absolute atomic E-state index is 0.169. The van der Waals surface area contributed by atoms with E-state index in [1.807, 2.05) is 42.8 Å². The van der Waals surface area contributed by atoms with Gasteiger partial charge in [0.2, 0.25) is 5.91 Å².